The van der Waals surface area contributed by atoms with E-state index in [1.165, 1.54) is 0 Å². The van der Waals surface area contributed by atoms with Crippen molar-refractivity contribution in [3.63, 3.8) is 0 Å². The lowest BCUT2D eigenvalue weighted by Crippen LogP contribution is -2.37. The minimum atomic E-state index is -0.670. The minimum absolute atomic E-state index is 0.0562. The molecule has 39 heavy (non-hydrogen) atoms. The smallest absolute Gasteiger partial charge is 0.416 e. The Labute approximate surface area is 231 Å². The third kappa shape index (κ3) is 9.35. The number of pyridine rings is 1. The summed E-state index contributed by atoms with van der Waals surface area (Å²) in [5.41, 5.74) is 1.34. The fraction of sp³-hybridized carbons (Fsp3) is 0.533. The summed E-state index contributed by atoms with van der Waals surface area (Å²) in [6, 6.07) is 13.5. The van der Waals surface area contributed by atoms with Crippen molar-refractivity contribution in [2.24, 2.45) is 5.92 Å². The highest BCUT2D eigenvalue weighted by atomic mass is 16.6. The van der Waals surface area contributed by atoms with E-state index in [9.17, 15) is 14.4 Å². The number of aromatic nitrogens is 1. The summed E-state index contributed by atoms with van der Waals surface area (Å²) in [4.78, 5) is 45.1. The number of nitrogens with zero attached hydrogens (tertiary/aromatic N) is 3. The monoisotopic (exact) mass is 539 g/mol. The standard InChI is InChI=1S/C30H41N3O6/c1-21-15-24(17-23-19-32(20-25(23)37-14-13-34)27(35)38-29(2,3)4)31-26(16-21)33(28(36)39-30(5,6)7)18-22-11-9-8-10-12-22/h8-13,15-16,23,25H,14,17-20H2,1-7H3/t23-,25-/m1/s1. The van der Waals surface area contributed by atoms with E-state index in [0.717, 1.165) is 16.8 Å². The second kappa shape index (κ2) is 12.6. The molecule has 1 aromatic heterocycles. The van der Waals surface area contributed by atoms with Gasteiger partial charge in [-0.3, -0.25) is 4.90 Å². The molecule has 1 saturated heterocycles. The molecule has 9 nitrogen and oxygen atoms in total. The number of hydrogen-bond acceptors (Lipinski definition) is 7. The number of hydrogen-bond donors (Lipinski definition) is 0. The minimum Gasteiger partial charge on any atom is -0.444 e. The molecule has 1 aromatic carbocycles. The van der Waals surface area contributed by atoms with Crippen LogP contribution in [0.15, 0.2) is 42.5 Å². The van der Waals surface area contributed by atoms with Crippen LogP contribution in [0.5, 0.6) is 0 Å². The third-order valence-corrected chi connectivity index (χ3v) is 5.97. The molecule has 2 amide bonds. The normalized spacial score (nSPS) is 17.6. The number of anilines is 1. The molecule has 2 atom stereocenters. The van der Waals surface area contributed by atoms with Gasteiger partial charge < -0.3 is 23.9 Å². The first-order valence-electron chi connectivity index (χ1n) is 13.3. The Kier molecular flexibility index (Phi) is 9.72. The number of benzene rings is 1. The third-order valence-electron chi connectivity index (χ3n) is 5.97. The summed E-state index contributed by atoms with van der Waals surface area (Å²) in [6.07, 6.45) is -0.0513. The number of aryl methyl sites for hydroxylation is 1. The Bertz CT molecular complexity index is 1140. The largest absolute Gasteiger partial charge is 0.444 e. The van der Waals surface area contributed by atoms with Crippen LogP contribution in [0.1, 0.15) is 58.4 Å². The van der Waals surface area contributed by atoms with Crippen molar-refractivity contribution >= 4 is 24.3 Å². The van der Waals surface area contributed by atoms with Gasteiger partial charge in [-0.05, 0) is 78.1 Å². The summed E-state index contributed by atoms with van der Waals surface area (Å²) in [7, 11) is 0. The van der Waals surface area contributed by atoms with Crippen LogP contribution in [-0.4, -0.2) is 65.4 Å². The van der Waals surface area contributed by atoms with Crippen molar-refractivity contribution in [1.82, 2.24) is 9.88 Å². The summed E-state index contributed by atoms with van der Waals surface area (Å²) in [6.45, 7) is 13.9. The summed E-state index contributed by atoms with van der Waals surface area (Å²) in [5.74, 6) is 0.374. The topological polar surface area (TPSA) is 98.3 Å². The molecule has 2 heterocycles. The second-order valence-corrected chi connectivity index (χ2v) is 11.9. The van der Waals surface area contributed by atoms with Gasteiger partial charge in [-0.2, -0.15) is 0 Å². The van der Waals surface area contributed by atoms with Gasteiger partial charge in [0, 0.05) is 18.2 Å². The summed E-state index contributed by atoms with van der Waals surface area (Å²) >= 11 is 0. The molecule has 9 heteroatoms. The lowest BCUT2D eigenvalue weighted by molar-refractivity contribution is -0.114. The molecule has 1 fully saturated rings. The van der Waals surface area contributed by atoms with Crippen LogP contribution in [0.4, 0.5) is 15.4 Å². The van der Waals surface area contributed by atoms with Crippen LogP contribution in [-0.2, 0) is 32.0 Å². The average molecular weight is 540 g/mol. The van der Waals surface area contributed by atoms with Gasteiger partial charge in [-0.25, -0.2) is 14.6 Å². The van der Waals surface area contributed by atoms with E-state index in [0.29, 0.717) is 38.2 Å². The van der Waals surface area contributed by atoms with Crippen LogP contribution in [0.3, 0.4) is 0 Å². The van der Waals surface area contributed by atoms with Crippen molar-refractivity contribution in [1.29, 1.82) is 0 Å². The zero-order valence-corrected chi connectivity index (χ0v) is 24.1. The maximum absolute atomic E-state index is 13.3. The van der Waals surface area contributed by atoms with E-state index in [-0.39, 0.29) is 18.6 Å². The van der Waals surface area contributed by atoms with Crippen LogP contribution in [0, 0.1) is 12.8 Å². The number of likely N-dealkylation sites (tertiary alicyclic amines) is 1. The van der Waals surface area contributed by atoms with E-state index in [4.69, 9.17) is 19.2 Å². The number of carbonyl (C=O) groups is 3. The number of aldehydes is 1. The molecular weight excluding hydrogens is 498 g/mol. The number of rotatable bonds is 8. The maximum atomic E-state index is 13.3. The van der Waals surface area contributed by atoms with Crippen molar-refractivity contribution in [2.45, 2.75) is 78.7 Å². The molecule has 0 unspecified atom stereocenters. The van der Waals surface area contributed by atoms with E-state index < -0.39 is 23.4 Å². The summed E-state index contributed by atoms with van der Waals surface area (Å²) in [5, 5.41) is 0. The summed E-state index contributed by atoms with van der Waals surface area (Å²) < 4.78 is 17.1. The predicted octanol–water partition coefficient (Wildman–Crippen LogP) is 5.33. The van der Waals surface area contributed by atoms with E-state index in [2.05, 4.69) is 0 Å². The zero-order valence-electron chi connectivity index (χ0n) is 24.1. The molecule has 1 aliphatic rings. The Balaban J connectivity index is 1.88. The Morgan fingerprint density at radius 3 is 2.31 bits per heavy atom. The fourth-order valence-electron chi connectivity index (χ4n) is 4.42. The number of carbonyl (C=O) groups excluding carboxylic acids is 3. The molecule has 0 saturated carbocycles. The van der Waals surface area contributed by atoms with Gasteiger partial charge in [0.05, 0.1) is 19.2 Å². The first-order chi connectivity index (χ1) is 18.2. The van der Waals surface area contributed by atoms with Crippen molar-refractivity contribution < 1.29 is 28.6 Å². The molecule has 0 N–H and O–H groups in total. The highest BCUT2D eigenvalue weighted by Gasteiger charge is 2.38. The van der Waals surface area contributed by atoms with Crippen molar-refractivity contribution in [3.8, 4) is 0 Å². The lowest BCUT2D eigenvalue weighted by Gasteiger charge is -2.27. The number of amides is 2. The van der Waals surface area contributed by atoms with Crippen LogP contribution in [0.2, 0.25) is 0 Å². The molecule has 1 aliphatic heterocycles. The zero-order chi connectivity index (χ0) is 28.8. The average Bonchev–Trinajstić information content (AvgIpc) is 3.22. The first-order valence-corrected chi connectivity index (χ1v) is 13.3. The number of ether oxygens (including phenoxy) is 3. The van der Waals surface area contributed by atoms with E-state index in [1.807, 2.05) is 90.9 Å². The van der Waals surface area contributed by atoms with Gasteiger partial charge in [-0.15, -0.1) is 0 Å². The molecule has 0 bridgehead atoms. The molecule has 2 aromatic rings. The molecule has 0 radical (unpaired) electrons. The molecule has 0 aliphatic carbocycles. The molecule has 0 spiro atoms. The van der Waals surface area contributed by atoms with E-state index >= 15 is 0 Å². The van der Waals surface area contributed by atoms with Gasteiger partial charge in [0.1, 0.15) is 29.9 Å². The molecule has 3 rings (SSSR count). The van der Waals surface area contributed by atoms with Crippen molar-refractivity contribution in [3.05, 3.63) is 59.3 Å². The highest BCUT2D eigenvalue weighted by Crippen LogP contribution is 2.27. The lowest BCUT2D eigenvalue weighted by atomic mass is 9.98. The van der Waals surface area contributed by atoms with Crippen LogP contribution in [0.25, 0.3) is 0 Å². The SMILES string of the molecule is Cc1cc(C[C@@H]2CN(C(=O)OC(C)(C)C)C[C@H]2OCC=O)nc(N(Cc2ccccc2)C(=O)OC(C)(C)C)c1. The maximum Gasteiger partial charge on any atom is 0.416 e. The highest BCUT2D eigenvalue weighted by molar-refractivity contribution is 5.86. The first kappa shape index (κ1) is 30.1. The van der Waals surface area contributed by atoms with E-state index in [1.54, 1.807) is 9.80 Å². The quantitative estimate of drug-likeness (QED) is 0.419. The van der Waals surface area contributed by atoms with Crippen molar-refractivity contribution in [2.75, 3.05) is 24.6 Å². The second-order valence-electron chi connectivity index (χ2n) is 11.9. The van der Waals surface area contributed by atoms with Gasteiger partial charge in [0.25, 0.3) is 0 Å². The van der Waals surface area contributed by atoms with Crippen LogP contribution < -0.4 is 4.90 Å². The van der Waals surface area contributed by atoms with Gasteiger partial charge in [0.2, 0.25) is 0 Å². The Hall–Kier alpha value is -3.46. The predicted molar refractivity (Wildman–Crippen MR) is 149 cm³/mol. The molecule has 212 valence electrons. The Morgan fingerprint density at radius 2 is 1.69 bits per heavy atom. The Morgan fingerprint density at radius 1 is 1.03 bits per heavy atom. The molecular formula is C30H41N3O6. The van der Waals surface area contributed by atoms with Crippen LogP contribution >= 0.6 is 0 Å². The van der Waals surface area contributed by atoms with Gasteiger partial charge >= 0.3 is 12.2 Å². The van der Waals surface area contributed by atoms with Gasteiger partial charge in [0.15, 0.2) is 0 Å². The van der Waals surface area contributed by atoms with Gasteiger partial charge in [-0.1, -0.05) is 30.3 Å². The fourth-order valence-corrected chi connectivity index (χ4v) is 4.42.